The molecule has 1 aromatic carbocycles. The molecule has 2 N–H and O–H groups in total. The van der Waals surface area contributed by atoms with Crippen LogP contribution in [0.15, 0.2) is 30.3 Å². The Bertz CT molecular complexity index is 946. The molecule has 2 aliphatic heterocycles. The molecule has 3 heterocycles. The van der Waals surface area contributed by atoms with E-state index < -0.39 is 11.9 Å². The summed E-state index contributed by atoms with van der Waals surface area (Å²) >= 11 is 2.89. The first-order valence-electron chi connectivity index (χ1n) is 8.98. The van der Waals surface area contributed by atoms with Crippen LogP contribution >= 0.6 is 23.1 Å². The maximum absolute atomic E-state index is 12.6. The zero-order chi connectivity index (χ0) is 19.9. The van der Waals surface area contributed by atoms with Crippen LogP contribution in [-0.2, 0) is 9.59 Å². The Balaban J connectivity index is 1.42. The van der Waals surface area contributed by atoms with Crippen LogP contribution < -0.4 is 10.9 Å². The summed E-state index contributed by atoms with van der Waals surface area (Å²) in [4.78, 5) is 43.5. The minimum Gasteiger partial charge on any atom is -0.315 e. The first-order chi connectivity index (χ1) is 13.4. The van der Waals surface area contributed by atoms with Crippen molar-refractivity contribution in [1.29, 1.82) is 0 Å². The predicted molar refractivity (Wildman–Crippen MR) is 109 cm³/mol. The number of carbonyl (C=O) groups is 3. The number of aromatic nitrogens is 1. The van der Waals surface area contributed by atoms with Crippen LogP contribution in [0.2, 0.25) is 0 Å². The van der Waals surface area contributed by atoms with E-state index in [4.69, 9.17) is 0 Å². The van der Waals surface area contributed by atoms with E-state index >= 15 is 0 Å². The molecule has 0 unspecified atom stereocenters. The van der Waals surface area contributed by atoms with Crippen molar-refractivity contribution in [3.05, 3.63) is 40.9 Å². The van der Waals surface area contributed by atoms with Gasteiger partial charge in [-0.2, -0.15) is 0 Å². The minimum atomic E-state index is -0.562. The van der Waals surface area contributed by atoms with Gasteiger partial charge in [0.1, 0.15) is 15.9 Å². The number of nitrogens with zero attached hydrogens (tertiary/aromatic N) is 2. The zero-order valence-corrected chi connectivity index (χ0v) is 17.2. The molecule has 2 aromatic rings. The predicted octanol–water partition coefficient (Wildman–Crippen LogP) is 2.33. The van der Waals surface area contributed by atoms with Crippen molar-refractivity contribution in [3.8, 4) is 10.6 Å². The third kappa shape index (κ3) is 3.29. The quantitative estimate of drug-likeness (QED) is 0.750. The van der Waals surface area contributed by atoms with Gasteiger partial charge in [0.25, 0.3) is 11.8 Å². The lowest BCUT2D eigenvalue weighted by molar-refractivity contribution is -0.138. The lowest BCUT2D eigenvalue weighted by atomic mass is 10.2. The van der Waals surface area contributed by atoms with Crippen LogP contribution in [0.5, 0.6) is 0 Å². The van der Waals surface area contributed by atoms with Gasteiger partial charge in [0.05, 0.1) is 10.6 Å². The summed E-state index contributed by atoms with van der Waals surface area (Å²) in [6.07, 6.45) is 1.21. The molecule has 0 bridgehead atoms. The summed E-state index contributed by atoms with van der Waals surface area (Å²) in [5, 5.41) is 0.750. The Hall–Kier alpha value is -2.39. The Morgan fingerprint density at radius 2 is 2.00 bits per heavy atom. The van der Waals surface area contributed by atoms with Gasteiger partial charge >= 0.3 is 0 Å². The Morgan fingerprint density at radius 3 is 2.75 bits per heavy atom. The standard InChI is InChI=1S/C19H20N4O3S2/c1-11-15(28-18(20-11)12-6-4-3-5-7-12)17(26)22-21-16(25)13-10-27-19(2)9-8-14(24)23(13)19/h3-7,13H,8-10H2,1-2H3,(H,21,25)(H,22,26)/t13-,19-/m1/s1. The van der Waals surface area contributed by atoms with E-state index in [0.717, 1.165) is 17.0 Å². The lowest BCUT2D eigenvalue weighted by Crippen LogP contribution is -2.54. The van der Waals surface area contributed by atoms with Crippen LogP contribution in [0, 0.1) is 6.92 Å². The van der Waals surface area contributed by atoms with Gasteiger partial charge in [0.15, 0.2) is 0 Å². The molecule has 0 radical (unpaired) electrons. The second-order valence-corrected chi connectivity index (χ2v) is 9.51. The van der Waals surface area contributed by atoms with E-state index in [1.807, 2.05) is 37.3 Å². The van der Waals surface area contributed by atoms with Gasteiger partial charge < -0.3 is 4.90 Å². The number of hydrazine groups is 1. The molecule has 2 fully saturated rings. The molecule has 4 rings (SSSR count). The molecule has 1 aromatic heterocycles. The van der Waals surface area contributed by atoms with Crippen LogP contribution in [0.4, 0.5) is 0 Å². The summed E-state index contributed by atoms with van der Waals surface area (Å²) in [5.74, 6) is -0.261. The maximum Gasteiger partial charge on any atom is 0.281 e. The second kappa shape index (κ2) is 7.21. The third-order valence-corrected chi connectivity index (χ3v) is 7.78. The number of rotatable bonds is 3. The van der Waals surface area contributed by atoms with Crippen molar-refractivity contribution in [2.45, 2.75) is 37.6 Å². The average molecular weight is 417 g/mol. The van der Waals surface area contributed by atoms with Crippen molar-refractivity contribution >= 4 is 40.8 Å². The average Bonchev–Trinajstić information content (AvgIpc) is 3.33. The lowest BCUT2D eigenvalue weighted by Gasteiger charge is -2.29. The number of hydrogen-bond acceptors (Lipinski definition) is 6. The van der Waals surface area contributed by atoms with Gasteiger partial charge in [-0.15, -0.1) is 23.1 Å². The Labute approximate surface area is 170 Å². The molecule has 0 saturated carbocycles. The fourth-order valence-corrected chi connectivity index (χ4v) is 5.98. The molecule has 9 heteroatoms. The Kier molecular flexibility index (Phi) is 4.88. The van der Waals surface area contributed by atoms with Gasteiger partial charge in [-0.25, -0.2) is 4.98 Å². The third-order valence-electron chi connectivity index (χ3n) is 5.07. The summed E-state index contributed by atoms with van der Waals surface area (Å²) < 4.78 is 0. The molecule has 7 nitrogen and oxygen atoms in total. The zero-order valence-electron chi connectivity index (χ0n) is 15.5. The molecule has 0 aliphatic carbocycles. The number of fused-ring (bicyclic) bond motifs is 1. The number of thioether (sulfide) groups is 1. The van der Waals surface area contributed by atoms with Crippen LogP contribution in [-0.4, -0.2) is 44.3 Å². The fraction of sp³-hybridized carbons (Fsp3) is 0.368. The van der Waals surface area contributed by atoms with Gasteiger partial charge in [0, 0.05) is 17.7 Å². The van der Waals surface area contributed by atoms with Crippen LogP contribution in [0.3, 0.4) is 0 Å². The second-order valence-electron chi connectivity index (χ2n) is 7.01. The first kappa shape index (κ1) is 18.9. The number of nitrogens with one attached hydrogen (secondary N) is 2. The number of amides is 3. The van der Waals surface area contributed by atoms with Crippen LogP contribution in [0.25, 0.3) is 10.6 Å². The highest BCUT2D eigenvalue weighted by Gasteiger charge is 2.52. The van der Waals surface area contributed by atoms with E-state index in [-0.39, 0.29) is 16.7 Å². The maximum atomic E-state index is 12.6. The van der Waals surface area contributed by atoms with Crippen LogP contribution in [0.1, 0.15) is 35.1 Å². The summed E-state index contributed by atoms with van der Waals surface area (Å²) in [5.41, 5.74) is 6.50. The van der Waals surface area contributed by atoms with Crippen molar-refractivity contribution < 1.29 is 14.4 Å². The number of benzene rings is 1. The van der Waals surface area contributed by atoms with Crippen molar-refractivity contribution in [1.82, 2.24) is 20.7 Å². The number of carbonyl (C=O) groups excluding carboxylic acids is 3. The first-order valence-corrected chi connectivity index (χ1v) is 10.8. The highest BCUT2D eigenvalue weighted by atomic mass is 32.2. The molecule has 2 aliphatic rings. The highest BCUT2D eigenvalue weighted by molar-refractivity contribution is 8.01. The van der Waals surface area contributed by atoms with E-state index in [1.54, 1.807) is 23.6 Å². The molecular weight excluding hydrogens is 396 g/mol. The van der Waals surface area contributed by atoms with Gasteiger partial charge in [-0.3, -0.25) is 25.2 Å². The van der Waals surface area contributed by atoms with Crippen molar-refractivity contribution in [2.24, 2.45) is 0 Å². The van der Waals surface area contributed by atoms with Gasteiger partial charge in [-0.05, 0) is 20.3 Å². The minimum absolute atomic E-state index is 0.00946. The molecule has 2 saturated heterocycles. The monoisotopic (exact) mass is 416 g/mol. The SMILES string of the molecule is Cc1nc(-c2ccccc2)sc1C(=O)NNC(=O)[C@H]1CS[C@]2(C)CCC(=O)N12. The molecule has 146 valence electrons. The summed E-state index contributed by atoms with van der Waals surface area (Å²) in [6, 6.07) is 9.06. The normalized spacial score (nSPS) is 23.6. The number of thiazole rings is 1. The van der Waals surface area contributed by atoms with E-state index in [9.17, 15) is 14.4 Å². The molecule has 28 heavy (non-hydrogen) atoms. The van der Waals surface area contributed by atoms with Gasteiger partial charge in [-0.1, -0.05) is 30.3 Å². The smallest absolute Gasteiger partial charge is 0.281 e. The van der Waals surface area contributed by atoms with Gasteiger partial charge in [0.2, 0.25) is 5.91 Å². The van der Waals surface area contributed by atoms with Crippen molar-refractivity contribution in [3.63, 3.8) is 0 Å². The topological polar surface area (TPSA) is 91.4 Å². The number of aryl methyl sites for hydroxylation is 1. The summed E-state index contributed by atoms with van der Waals surface area (Å²) in [6.45, 7) is 3.75. The summed E-state index contributed by atoms with van der Waals surface area (Å²) in [7, 11) is 0. The Morgan fingerprint density at radius 1 is 1.25 bits per heavy atom. The van der Waals surface area contributed by atoms with E-state index in [0.29, 0.717) is 22.7 Å². The van der Waals surface area contributed by atoms with E-state index in [2.05, 4.69) is 15.8 Å². The molecular formula is C19H20N4O3S2. The number of hydrogen-bond donors (Lipinski definition) is 2. The van der Waals surface area contributed by atoms with E-state index in [1.165, 1.54) is 11.3 Å². The molecule has 3 amide bonds. The largest absolute Gasteiger partial charge is 0.315 e. The molecule has 0 spiro atoms. The molecule has 2 atom stereocenters. The van der Waals surface area contributed by atoms with Crippen molar-refractivity contribution in [2.75, 3.05) is 5.75 Å². The fourth-order valence-electron chi connectivity index (χ4n) is 3.58. The highest BCUT2D eigenvalue weighted by Crippen LogP contribution is 2.47.